The third-order valence-corrected chi connectivity index (χ3v) is 5.45. The second kappa shape index (κ2) is 7.50. The fourth-order valence-corrected chi connectivity index (χ4v) is 3.91. The number of hydrogen-bond donors (Lipinski definition) is 0. The number of likely N-dealkylation sites (tertiary alicyclic amines) is 1. The van der Waals surface area contributed by atoms with Crippen molar-refractivity contribution in [1.82, 2.24) is 4.90 Å². The largest absolute Gasteiger partial charge is 0.489 e. The van der Waals surface area contributed by atoms with Crippen LogP contribution >= 0.6 is 0 Å². The molecule has 2 aliphatic rings. The van der Waals surface area contributed by atoms with E-state index in [1.807, 2.05) is 41.3 Å². The lowest BCUT2D eigenvalue weighted by atomic mass is 9.79. The summed E-state index contributed by atoms with van der Waals surface area (Å²) in [7, 11) is 0. The first-order chi connectivity index (χ1) is 12.7. The number of benzene rings is 2. The van der Waals surface area contributed by atoms with Crippen LogP contribution in [0.3, 0.4) is 0 Å². The molecule has 1 unspecified atom stereocenters. The molecule has 2 aliphatic heterocycles. The van der Waals surface area contributed by atoms with Gasteiger partial charge >= 0.3 is 0 Å². The molecule has 1 amide bonds. The first-order valence-corrected chi connectivity index (χ1v) is 9.34. The van der Waals surface area contributed by atoms with E-state index in [0.717, 1.165) is 49.5 Å². The average molecular weight is 351 g/mol. The van der Waals surface area contributed by atoms with Crippen LogP contribution in [-0.2, 0) is 22.7 Å². The van der Waals surface area contributed by atoms with Crippen molar-refractivity contribution in [2.24, 2.45) is 5.41 Å². The van der Waals surface area contributed by atoms with E-state index >= 15 is 0 Å². The van der Waals surface area contributed by atoms with E-state index in [2.05, 4.69) is 18.2 Å². The van der Waals surface area contributed by atoms with Crippen molar-refractivity contribution in [1.29, 1.82) is 0 Å². The second-order valence-corrected chi connectivity index (χ2v) is 7.47. The standard InChI is InChI=1S/C22H25NO3/c24-21-9-10-22(11-12-25-17-22)16-23(21)14-19-7-4-8-20(13-19)26-15-18-5-2-1-3-6-18/h1-8,13H,9-12,14-17H2. The molecule has 2 saturated heterocycles. The van der Waals surface area contributed by atoms with Gasteiger partial charge in [-0.15, -0.1) is 0 Å². The Morgan fingerprint density at radius 1 is 1.04 bits per heavy atom. The Bertz CT molecular complexity index is 753. The Morgan fingerprint density at radius 3 is 2.69 bits per heavy atom. The SMILES string of the molecule is O=C1CCC2(CCOC2)CN1Cc1cccc(OCc2ccccc2)c1. The van der Waals surface area contributed by atoms with Crippen molar-refractivity contribution < 1.29 is 14.3 Å². The number of hydrogen-bond acceptors (Lipinski definition) is 3. The topological polar surface area (TPSA) is 38.8 Å². The zero-order valence-electron chi connectivity index (χ0n) is 15.0. The Labute approximate surface area is 154 Å². The summed E-state index contributed by atoms with van der Waals surface area (Å²) in [5, 5.41) is 0. The van der Waals surface area contributed by atoms with Crippen LogP contribution in [0.5, 0.6) is 5.75 Å². The van der Waals surface area contributed by atoms with E-state index in [9.17, 15) is 4.79 Å². The molecule has 2 aromatic rings. The molecule has 2 fully saturated rings. The third-order valence-electron chi connectivity index (χ3n) is 5.45. The molecule has 1 spiro atoms. The minimum absolute atomic E-state index is 0.176. The van der Waals surface area contributed by atoms with Crippen molar-refractivity contribution >= 4 is 5.91 Å². The molecular formula is C22H25NO3. The Morgan fingerprint density at radius 2 is 1.88 bits per heavy atom. The van der Waals surface area contributed by atoms with Crippen molar-refractivity contribution in [3.8, 4) is 5.75 Å². The number of amides is 1. The average Bonchev–Trinajstić information content (AvgIpc) is 3.13. The maximum absolute atomic E-state index is 12.4. The van der Waals surface area contributed by atoms with Crippen LogP contribution in [0, 0.1) is 5.41 Å². The molecule has 1 atom stereocenters. The normalized spacial score (nSPS) is 22.8. The fraction of sp³-hybridized carbons (Fsp3) is 0.409. The van der Waals surface area contributed by atoms with E-state index in [1.54, 1.807) is 0 Å². The summed E-state index contributed by atoms with van der Waals surface area (Å²) < 4.78 is 11.5. The monoisotopic (exact) mass is 351 g/mol. The molecule has 136 valence electrons. The molecule has 0 bridgehead atoms. The first kappa shape index (κ1) is 17.1. The lowest BCUT2D eigenvalue weighted by molar-refractivity contribution is -0.138. The first-order valence-electron chi connectivity index (χ1n) is 9.34. The summed E-state index contributed by atoms with van der Waals surface area (Å²) in [6.45, 7) is 3.61. The minimum Gasteiger partial charge on any atom is -0.489 e. The molecule has 2 heterocycles. The number of nitrogens with zero attached hydrogens (tertiary/aromatic N) is 1. The van der Waals surface area contributed by atoms with Gasteiger partial charge in [-0.1, -0.05) is 42.5 Å². The van der Waals surface area contributed by atoms with Crippen LogP contribution in [0.15, 0.2) is 54.6 Å². The number of ether oxygens (including phenoxy) is 2. The van der Waals surface area contributed by atoms with E-state index in [0.29, 0.717) is 19.6 Å². The maximum atomic E-state index is 12.4. The summed E-state index contributed by atoms with van der Waals surface area (Å²) in [4.78, 5) is 14.4. The van der Waals surface area contributed by atoms with Crippen LogP contribution in [0.1, 0.15) is 30.4 Å². The van der Waals surface area contributed by atoms with Crippen LogP contribution < -0.4 is 4.74 Å². The van der Waals surface area contributed by atoms with E-state index in [1.165, 1.54) is 0 Å². The maximum Gasteiger partial charge on any atom is 0.222 e. The van der Waals surface area contributed by atoms with Gasteiger partial charge in [-0.05, 0) is 36.1 Å². The lowest BCUT2D eigenvalue weighted by Crippen LogP contribution is -2.46. The number of piperidine rings is 1. The number of rotatable bonds is 5. The molecule has 0 aromatic heterocycles. The van der Waals surface area contributed by atoms with Gasteiger partial charge < -0.3 is 14.4 Å². The molecule has 0 saturated carbocycles. The van der Waals surface area contributed by atoms with E-state index in [4.69, 9.17) is 9.47 Å². The van der Waals surface area contributed by atoms with Crippen LogP contribution in [0.2, 0.25) is 0 Å². The molecule has 0 aliphatic carbocycles. The number of carbonyl (C=O) groups excluding carboxylic acids is 1. The Hall–Kier alpha value is -2.33. The Kier molecular flexibility index (Phi) is 4.93. The molecular weight excluding hydrogens is 326 g/mol. The zero-order chi connectivity index (χ0) is 17.8. The summed E-state index contributed by atoms with van der Waals surface area (Å²) in [6, 6.07) is 18.2. The van der Waals surface area contributed by atoms with Gasteiger partial charge in [0.25, 0.3) is 0 Å². The molecule has 0 radical (unpaired) electrons. The van der Waals surface area contributed by atoms with Gasteiger partial charge in [-0.2, -0.15) is 0 Å². The van der Waals surface area contributed by atoms with Gasteiger partial charge in [0, 0.05) is 31.5 Å². The molecule has 26 heavy (non-hydrogen) atoms. The summed E-state index contributed by atoms with van der Waals surface area (Å²) in [5.41, 5.74) is 2.43. The highest BCUT2D eigenvalue weighted by Crippen LogP contribution is 2.38. The molecule has 4 nitrogen and oxygen atoms in total. The fourth-order valence-electron chi connectivity index (χ4n) is 3.91. The van der Waals surface area contributed by atoms with Crippen molar-refractivity contribution in [3.05, 3.63) is 65.7 Å². The van der Waals surface area contributed by atoms with Crippen molar-refractivity contribution in [2.75, 3.05) is 19.8 Å². The third kappa shape index (κ3) is 3.91. The Balaban J connectivity index is 1.40. The quantitative estimate of drug-likeness (QED) is 0.823. The summed E-state index contributed by atoms with van der Waals surface area (Å²) in [6.07, 6.45) is 2.66. The predicted octanol–water partition coefficient (Wildman–Crippen LogP) is 3.79. The van der Waals surface area contributed by atoms with E-state index in [-0.39, 0.29) is 11.3 Å². The van der Waals surface area contributed by atoms with Gasteiger partial charge in [0.15, 0.2) is 0 Å². The van der Waals surface area contributed by atoms with E-state index < -0.39 is 0 Å². The molecule has 0 N–H and O–H groups in total. The van der Waals surface area contributed by atoms with Gasteiger partial charge in [0.05, 0.1) is 6.61 Å². The molecule has 2 aromatic carbocycles. The van der Waals surface area contributed by atoms with Crippen LogP contribution in [-0.4, -0.2) is 30.6 Å². The molecule has 4 rings (SSSR count). The lowest BCUT2D eigenvalue weighted by Gasteiger charge is -2.39. The van der Waals surface area contributed by atoms with Crippen molar-refractivity contribution in [2.45, 2.75) is 32.4 Å². The van der Waals surface area contributed by atoms with Crippen LogP contribution in [0.4, 0.5) is 0 Å². The van der Waals surface area contributed by atoms with Crippen LogP contribution in [0.25, 0.3) is 0 Å². The zero-order valence-corrected chi connectivity index (χ0v) is 15.0. The van der Waals surface area contributed by atoms with Crippen molar-refractivity contribution in [3.63, 3.8) is 0 Å². The second-order valence-electron chi connectivity index (χ2n) is 7.47. The summed E-state index contributed by atoms with van der Waals surface area (Å²) in [5.74, 6) is 1.09. The molecule has 4 heteroatoms. The van der Waals surface area contributed by atoms with Gasteiger partial charge in [0.1, 0.15) is 12.4 Å². The predicted molar refractivity (Wildman–Crippen MR) is 99.7 cm³/mol. The smallest absolute Gasteiger partial charge is 0.222 e. The minimum atomic E-state index is 0.176. The highest BCUT2D eigenvalue weighted by atomic mass is 16.5. The highest BCUT2D eigenvalue weighted by molar-refractivity contribution is 5.77. The summed E-state index contributed by atoms with van der Waals surface area (Å²) >= 11 is 0. The van der Waals surface area contributed by atoms with Gasteiger partial charge in [-0.3, -0.25) is 4.79 Å². The van der Waals surface area contributed by atoms with Gasteiger partial charge in [-0.25, -0.2) is 0 Å². The highest BCUT2D eigenvalue weighted by Gasteiger charge is 2.41. The van der Waals surface area contributed by atoms with Gasteiger partial charge in [0.2, 0.25) is 5.91 Å². The number of carbonyl (C=O) groups is 1.